The Morgan fingerprint density at radius 3 is 2.58 bits per heavy atom. The van der Waals surface area contributed by atoms with Crippen molar-refractivity contribution >= 4 is 0 Å². The van der Waals surface area contributed by atoms with Gasteiger partial charge in [0.1, 0.15) is 0 Å². The van der Waals surface area contributed by atoms with Crippen LogP contribution in [0.1, 0.15) is 34.1 Å². The van der Waals surface area contributed by atoms with Crippen molar-refractivity contribution in [2.24, 2.45) is 0 Å². The molecule has 1 aliphatic rings. The maximum Gasteiger partial charge on any atom is 0.0703 e. The molecule has 1 saturated heterocycles. The Balaban J connectivity index is 2.45. The van der Waals surface area contributed by atoms with Crippen LogP contribution in [0.25, 0.3) is 0 Å². The average Bonchev–Trinajstić information content (AvgIpc) is 2.03. The fraction of sp³-hybridized carbons (Fsp3) is 1.00. The van der Waals surface area contributed by atoms with E-state index in [0.29, 0.717) is 18.2 Å². The molecule has 0 radical (unpaired) electrons. The molecule has 0 aromatic heterocycles. The molecule has 0 aliphatic carbocycles. The van der Waals surface area contributed by atoms with E-state index in [1.165, 1.54) is 0 Å². The van der Waals surface area contributed by atoms with E-state index < -0.39 is 0 Å². The highest BCUT2D eigenvalue weighted by Gasteiger charge is 2.25. The molecule has 2 heteroatoms. The maximum absolute atomic E-state index is 5.77. The summed E-state index contributed by atoms with van der Waals surface area (Å²) in [6, 6.07) is 0.658. The molecule has 1 rings (SSSR count). The predicted octanol–water partition coefficient (Wildman–Crippen LogP) is 1.89. The van der Waals surface area contributed by atoms with Gasteiger partial charge in [0, 0.05) is 19.1 Å². The molecule has 1 fully saturated rings. The van der Waals surface area contributed by atoms with Crippen LogP contribution in [0.3, 0.4) is 0 Å². The van der Waals surface area contributed by atoms with Gasteiger partial charge >= 0.3 is 0 Å². The minimum atomic E-state index is 0.408. The van der Waals surface area contributed by atoms with Gasteiger partial charge in [-0.15, -0.1) is 0 Å². The van der Waals surface area contributed by atoms with Crippen LogP contribution in [-0.4, -0.2) is 36.2 Å². The summed E-state index contributed by atoms with van der Waals surface area (Å²) in [7, 11) is 0. The van der Waals surface area contributed by atoms with E-state index in [1.807, 2.05) is 0 Å². The SMILES string of the molecule is CC[C@H]1CN(C(C)C)C[C@H](C)O1. The van der Waals surface area contributed by atoms with Crippen LogP contribution in [0.15, 0.2) is 0 Å². The van der Waals surface area contributed by atoms with Crippen molar-refractivity contribution in [1.29, 1.82) is 0 Å². The lowest BCUT2D eigenvalue weighted by Gasteiger charge is -2.38. The van der Waals surface area contributed by atoms with E-state index >= 15 is 0 Å². The Morgan fingerprint density at radius 1 is 1.42 bits per heavy atom. The smallest absolute Gasteiger partial charge is 0.0703 e. The van der Waals surface area contributed by atoms with Crippen molar-refractivity contribution in [2.45, 2.75) is 52.4 Å². The van der Waals surface area contributed by atoms with E-state index in [9.17, 15) is 0 Å². The quantitative estimate of drug-likeness (QED) is 0.629. The van der Waals surface area contributed by atoms with E-state index in [4.69, 9.17) is 4.74 Å². The van der Waals surface area contributed by atoms with Gasteiger partial charge < -0.3 is 4.74 Å². The third-order valence-electron chi connectivity index (χ3n) is 2.54. The molecule has 2 atom stereocenters. The Morgan fingerprint density at radius 2 is 2.08 bits per heavy atom. The van der Waals surface area contributed by atoms with Gasteiger partial charge in [-0.2, -0.15) is 0 Å². The molecule has 0 bridgehead atoms. The number of rotatable bonds is 2. The zero-order valence-electron chi connectivity index (χ0n) is 8.71. The van der Waals surface area contributed by atoms with Gasteiger partial charge in [-0.3, -0.25) is 4.90 Å². The molecule has 0 amide bonds. The molecule has 0 aromatic carbocycles. The van der Waals surface area contributed by atoms with Crippen molar-refractivity contribution in [3.8, 4) is 0 Å². The maximum atomic E-state index is 5.77. The molecule has 0 N–H and O–H groups in total. The van der Waals surface area contributed by atoms with Crippen molar-refractivity contribution in [1.82, 2.24) is 4.90 Å². The van der Waals surface area contributed by atoms with Crippen LogP contribution in [0.5, 0.6) is 0 Å². The summed E-state index contributed by atoms with van der Waals surface area (Å²) in [4.78, 5) is 2.50. The molecular weight excluding hydrogens is 150 g/mol. The van der Waals surface area contributed by atoms with Crippen LogP contribution in [0.2, 0.25) is 0 Å². The van der Waals surface area contributed by atoms with Crippen molar-refractivity contribution in [3.63, 3.8) is 0 Å². The van der Waals surface area contributed by atoms with E-state index in [0.717, 1.165) is 19.5 Å². The second kappa shape index (κ2) is 4.24. The highest BCUT2D eigenvalue weighted by atomic mass is 16.5. The fourth-order valence-corrected chi connectivity index (χ4v) is 1.73. The lowest BCUT2D eigenvalue weighted by Crippen LogP contribution is -2.49. The monoisotopic (exact) mass is 171 g/mol. The van der Waals surface area contributed by atoms with Crippen LogP contribution in [0.4, 0.5) is 0 Å². The molecule has 2 nitrogen and oxygen atoms in total. The number of nitrogens with zero attached hydrogens (tertiary/aromatic N) is 1. The van der Waals surface area contributed by atoms with Crippen LogP contribution < -0.4 is 0 Å². The first-order valence-electron chi connectivity index (χ1n) is 5.03. The van der Waals surface area contributed by atoms with Gasteiger partial charge in [-0.1, -0.05) is 6.92 Å². The van der Waals surface area contributed by atoms with Crippen LogP contribution in [0, 0.1) is 0 Å². The predicted molar refractivity (Wildman–Crippen MR) is 51.3 cm³/mol. The summed E-state index contributed by atoms with van der Waals surface area (Å²) in [5.41, 5.74) is 0. The minimum absolute atomic E-state index is 0.408. The molecule has 0 unspecified atom stereocenters. The second-order valence-corrected chi connectivity index (χ2v) is 4.02. The highest BCUT2D eigenvalue weighted by molar-refractivity contribution is 4.76. The molecular formula is C10H21NO. The molecule has 0 spiro atoms. The molecule has 72 valence electrons. The summed E-state index contributed by atoms with van der Waals surface area (Å²) in [6.45, 7) is 11.1. The zero-order valence-corrected chi connectivity index (χ0v) is 8.71. The van der Waals surface area contributed by atoms with Crippen molar-refractivity contribution in [2.75, 3.05) is 13.1 Å². The second-order valence-electron chi connectivity index (χ2n) is 4.02. The zero-order chi connectivity index (χ0) is 9.14. The molecule has 0 aromatic rings. The van der Waals surface area contributed by atoms with Gasteiger partial charge in [0.15, 0.2) is 0 Å². The number of hydrogen-bond acceptors (Lipinski definition) is 2. The van der Waals surface area contributed by atoms with Gasteiger partial charge in [-0.05, 0) is 27.2 Å². The molecule has 1 aliphatic heterocycles. The topological polar surface area (TPSA) is 12.5 Å². The van der Waals surface area contributed by atoms with Gasteiger partial charge in [-0.25, -0.2) is 0 Å². The van der Waals surface area contributed by atoms with Gasteiger partial charge in [0.25, 0.3) is 0 Å². The summed E-state index contributed by atoms with van der Waals surface area (Å²) in [5, 5.41) is 0. The first-order valence-corrected chi connectivity index (χ1v) is 5.03. The fourth-order valence-electron chi connectivity index (χ4n) is 1.73. The van der Waals surface area contributed by atoms with Gasteiger partial charge in [0.05, 0.1) is 12.2 Å². The third kappa shape index (κ3) is 2.46. The summed E-state index contributed by atoms with van der Waals surface area (Å²) in [5.74, 6) is 0. The first kappa shape index (κ1) is 10.0. The standard InChI is InChI=1S/C10H21NO/c1-5-10-7-11(8(2)3)6-9(4)12-10/h8-10H,5-7H2,1-4H3/t9-,10-/m0/s1. The van der Waals surface area contributed by atoms with Crippen molar-refractivity contribution in [3.05, 3.63) is 0 Å². The largest absolute Gasteiger partial charge is 0.373 e. The summed E-state index contributed by atoms with van der Waals surface area (Å²) >= 11 is 0. The summed E-state index contributed by atoms with van der Waals surface area (Å²) in [6.07, 6.45) is 2.00. The third-order valence-corrected chi connectivity index (χ3v) is 2.54. The van der Waals surface area contributed by atoms with Gasteiger partial charge in [0.2, 0.25) is 0 Å². The molecule has 12 heavy (non-hydrogen) atoms. The number of hydrogen-bond donors (Lipinski definition) is 0. The lowest BCUT2D eigenvalue weighted by atomic mass is 10.1. The van der Waals surface area contributed by atoms with Crippen LogP contribution in [-0.2, 0) is 4.74 Å². The first-order chi connectivity index (χ1) is 5.63. The Kier molecular flexibility index (Phi) is 3.53. The normalized spacial score (nSPS) is 32.8. The lowest BCUT2D eigenvalue weighted by molar-refractivity contribution is -0.0857. The van der Waals surface area contributed by atoms with Crippen LogP contribution >= 0.6 is 0 Å². The minimum Gasteiger partial charge on any atom is -0.373 e. The number of ether oxygens (including phenoxy) is 1. The summed E-state index contributed by atoms with van der Waals surface area (Å²) < 4.78 is 5.77. The van der Waals surface area contributed by atoms with E-state index in [-0.39, 0.29) is 0 Å². The Hall–Kier alpha value is -0.0800. The van der Waals surface area contributed by atoms with E-state index in [2.05, 4.69) is 32.6 Å². The molecule has 0 saturated carbocycles. The Bertz CT molecular complexity index is 136. The number of morpholine rings is 1. The Labute approximate surface area is 75.9 Å². The molecule has 1 heterocycles. The highest BCUT2D eigenvalue weighted by Crippen LogP contribution is 2.15. The van der Waals surface area contributed by atoms with E-state index in [1.54, 1.807) is 0 Å². The van der Waals surface area contributed by atoms with Crippen molar-refractivity contribution < 1.29 is 4.74 Å². The average molecular weight is 171 g/mol.